The monoisotopic (exact) mass is 272 g/mol. The lowest BCUT2D eigenvalue weighted by Gasteiger charge is -2.35. The molecule has 1 N–H and O–H groups in total. The van der Waals surface area contributed by atoms with E-state index in [9.17, 15) is 4.79 Å². The lowest BCUT2D eigenvalue weighted by molar-refractivity contribution is -0.133. The highest BCUT2D eigenvalue weighted by Gasteiger charge is 2.23. The minimum atomic E-state index is -0.404. The van der Waals surface area contributed by atoms with Crippen molar-refractivity contribution in [2.75, 3.05) is 33.4 Å². The zero-order valence-corrected chi connectivity index (χ0v) is 12.6. The van der Waals surface area contributed by atoms with Gasteiger partial charge >= 0.3 is 0 Å². The van der Waals surface area contributed by atoms with Crippen LogP contribution in [0.4, 0.5) is 0 Å². The largest absolute Gasteiger partial charge is 0.382 e. The molecule has 1 rings (SSSR count). The number of nitrogens with one attached hydrogen (secondary N) is 1. The molecular formula is C14H28N2O3. The van der Waals surface area contributed by atoms with E-state index in [0.29, 0.717) is 19.3 Å². The second kappa shape index (κ2) is 8.51. The minimum Gasteiger partial charge on any atom is -0.382 e. The molecule has 0 radical (unpaired) electrons. The predicted molar refractivity (Wildman–Crippen MR) is 75.2 cm³/mol. The second-order valence-electron chi connectivity index (χ2n) is 5.42. The third-order valence-electron chi connectivity index (χ3n) is 3.63. The molecule has 0 aromatic rings. The number of rotatable bonds is 7. The van der Waals surface area contributed by atoms with Gasteiger partial charge in [-0.15, -0.1) is 0 Å². The highest BCUT2D eigenvalue weighted by atomic mass is 16.5. The molecular weight excluding hydrogens is 244 g/mol. The van der Waals surface area contributed by atoms with Gasteiger partial charge in [-0.25, -0.2) is 0 Å². The van der Waals surface area contributed by atoms with Crippen LogP contribution >= 0.6 is 0 Å². The number of nitrogens with zero attached hydrogens (tertiary/aromatic N) is 1. The average Bonchev–Trinajstić information content (AvgIpc) is 2.39. The molecule has 1 aliphatic rings. The van der Waals surface area contributed by atoms with Crippen molar-refractivity contribution >= 4 is 5.91 Å². The molecule has 0 spiro atoms. The smallest absolute Gasteiger partial charge is 0.249 e. The van der Waals surface area contributed by atoms with Crippen LogP contribution < -0.4 is 5.32 Å². The molecule has 1 fully saturated rings. The number of carbonyl (C=O) groups excluding carboxylic acids is 1. The normalized spacial score (nSPS) is 19.6. The number of hydrogen-bond donors (Lipinski definition) is 1. The Bertz CT molecular complexity index is 263. The van der Waals surface area contributed by atoms with E-state index in [-0.39, 0.29) is 11.9 Å². The lowest BCUT2D eigenvalue weighted by Crippen LogP contribution is -2.48. The fraction of sp³-hybridized carbons (Fsp3) is 0.929. The zero-order chi connectivity index (χ0) is 14.3. The summed E-state index contributed by atoms with van der Waals surface area (Å²) in [6.45, 7) is 9.30. The van der Waals surface area contributed by atoms with Gasteiger partial charge in [-0.1, -0.05) is 0 Å². The van der Waals surface area contributed by atoms with Crippen LogP contribution in [0.15, 0.2) is 0 Å². The highest BCUT2D eigenvalue weighted by molar-refractivity contribution is 5.80. The molecule has 112 valence electrons. The number of likely N-dealkylation sites (tertiary alicyclic amines) is 1. The van der Waals surface area contributed by atoms with Crippen molar-refractivity contribution < 1.29 is 14.3 Å². The fourth-order valence-corrected chi connectivity index (χ4v) is 2.26. The van der Waals surface area contributed by atoms with Crippen LogP contribution in [0.2, 0.25) is 0 Å². The molecule has 0 aliphatic carbocycles. The van der Waals surface area contributed by atoms with Crippen LogP contribution in [0.5, 0.6) is 0 Å². The van der Waals surface area contributed by atoms with Gasteiger partial charge in [0, 0.05) is 32.3 Å². The number of piperidine rings is 1. The maximum atomic E-state index is 11.9. The summed E-state index contributed by atoms with van der Waals surface area (Å²) < 4.78 is 10.3. The maximum absolute atomic E-state index is 11.9. The summed E-state index contributed by atoms with van der Waals surface area (Å²) in [5, 5.41) is 3.07. The molecule has 19 heavy (non-hydrogen) atoms. The number of amides is 1. The summed E-state index contributed by atoms with van der Waals surface area (Å²) in [6.07, 6.45) is 1.64. The molecule has 1 amide bonds. The first-order valence-electron chi connectivity index (χ1n) is 7.19. The summed E-state index contributed by atoms with van der Waals surface area (Å²) >= 11 is 0. The quantitative estimate of drug-likeness (QED) is 0.703. The molecule has 0 saturated carbocycles. The van der Waals surface area contributed by atoms with Gasteiger partial charge in [0.15, 0.2) is 0 Å². The van der Waals surface area contributed by atoms with Crippen LogP contribution in [-0.4, -0.2) is 62.4 Å². The van der Waals surface area contributed by atoms with E-state index in [1.165, 1.54) is 0 Å². The Balaban J connectivity index is 2.22. The highest BCUT2D eigenvalue weighted by Crippen LogP contribution is 2.13. The Kier molecular flexibility index (Phi) is 7.34. The van der Waals surface area contributed by atoms with Crippen LogP contribution in [0.1, 0.15) is 33.6 Å². The fourth-order valence-electron chi connectivity index (χ4n) is 2.26. The van der Waals surface area contributed by atoms with Gasteiger partial charge in [0.05, 0.1) is 13.2 Å². The molecule has 5 nitrogen and oxygen atoms in total. The second-order valence-corrected chi connectivity index (χ2v) is 5.42. The maximum Gasteiger partial charge on any atom is 0.249 e. The van der Waals surface area contributed by atoms with Crippen LogP contribution in [0, 0.1) is 0 Å². The molecule has 1 atom stereocenters. The molecule has 1 unspecified atom stereocenters. The van der Waals surface area contributed by atoms with Gasteiger partial charge in [-0.2, -0.15) is 0 Å². The third kappa shape index (κ3) is 5.89. The van der Waals surface area contributed by atoms with Crippen molar-refractivity contribution in [1.82, 2.24) is 10.2 Å². The molecule has 1 saturated heterocycles. The minimum absolute atomic E-state index is 0.0147. The summed E-state index contributed by atoms with van der Waals surface area (Å²) in [5.74, 6) is -0.0147. The first-order valence-corrected chi connectivity index (χ1v) is 7.19. The Morgan fingerprint density at radius 3 is 2.42 bits per heavy atom. The van der Waals surface area contributed by atoms with Crippen molar-refractivity contribution in [2.45, 2.75) is 51.8 Å². The molecule has 1 heterocycles. The van der Waals surface area contributed by atoms with E-state index in [1.54, 1.807) is 14.0 Å². The van der Waals surface area contributed by atoms with Crippen molar-refractivity contribution in [3.8, 4) is 0 Å². The summed E-state index contributed by atoms with van der Waals surface area (Å²) in [6, 6.07) is 0.879. The van der Waals surface area contributed by atoms with Gasteiger partial charge < -0.3 is 19.7 Å². The number of methoxy groups -OCH3 is 1. The van der Waals surface area contributed by atoms with Crippen LogP contribution in [0.25, 0.3) is 0 Å². The van der Waals surface area contributed by atoms with E-state index in [2.05, 4.69) is 24.1 Å². The zero-order valence-electron chi connectivity index (χ0n) is 12.6. The van der Waals surface area contributed by atoms with Crippen LogP contribution in [-0.2, 0) is 14.3 Å². The van der Waals surface area contributed by atoms with Crippen molar-refractivity contribution in [3.05, 3.63) is 0 Å². The number of hydrogen-bond acceptors (Lipinski definition) is 4. The van der Waals surface area contributed by atoms with Crippen molar-refractivity contribution in [3.63, 3.8) is 0 Å². The topological polar surface area (TPSA) is 50.8 Å². The summed E-state index contributed by atoms with van der Waals surface area (Å²) in [4.78, 5) is 14.4. The van der Waals surface area contributed by atoms with Gasteiger partial charge in [-0.05, 0) is 33.6 Å². The van der Waals surface area contributed by atoms with E-state index in [0.717, 1.165) is 25.9 Å². The van der Waals surface area contributed by atoms with E-state index in [1.807, 2.05) is 0 Å². The van der Waals surface area contributed by atoms with Crippen molar-refractivity contribution in [2.24, 2.45) is 0 Å². The number of carbonyl (C=O) groups is 1. The van der Waals surface area contributed by atoms with Gasteiger partial charge in [-0.3, -0.25) is 4.79 Å². The van der Waals surface area contributed by atoms with Crippen molar-refractivity contribution in [1.29, 1.82) is 0 Å². The first-order chi connectivity index (χ1) is 9.04. The SMILES string of the molecule is COCCOC(C)C(=O)NC1CCN(C(C)C)CC1. The first kappa shape index (κ1) is 16.4. The van der Waals surface area contributed by atoms with E-state index < -0.39 is 6.10 Å². The van der Waals surface area contributed by atoms with Crippen LogP contribution in [0.3, 0.4) is 0 Å². The molecule has 0 aromatic carbocycles. The average molecular weight is 272 g/mol. The molecule has 1 aliphatic heterocycles. The Hall–Kier alpha value is -0.650. The lowest BCUT2D eigenvalue weighted by atomic mass is 10.0. The van der Waals surface area contributed by atoms with E-state index in [4.69, 9.17) is 9.47 Å². The Labute approximate surface area is 116 Å². The molecule has 0 bridgehead atoms. The third-order valence-corrected chi connectivity index (χ3v) is 3.63. The standard InChI is InChI=1S/C14H28N2O3/c1-11(2)16-7-5-13(6-8-16)15-14(17)12(3)19-10-9-18-4/h11-13H,5-10H2,1-4H3,(H,15,17). The molecule has 0 aromatic heterocycles. The number of ether oxygens (including phenoxy) is 2. The van der Waals surface area contributed by atoms with E-state index >= 15 is 0 Å². The Morgan fingerprint density at radius 1 is 1.26 bits per heavy atom. The van der Waals surface area contributed by atoms with Gasteiger partial charge in [0.25, 0.3) is 0 Å². The van der Waals surface area contributed by atoms with Gasteiger partial charge in [0.1, 0.15) is 6.10 Å². The summed E-state index contributed by atoms with van der Waals surface area (Å²) in [7, 11) is 1.62. The molecule has 5 heteroatoms. The predicted octanol–water partition coefficient (Wildman–Crippen LogP) is 1.03. The van der Waals surface area contributed by atoms with Gasteiger partial charge in [0.2, 0.25) is 5.91 Å². The Morgan fingerprint density at radius 2 is 1.89 bits per heavy atom. The summed E-state index contributed by atoms with van der Waals surface area (Å²) in [5.41, 5.74) is 0.